The number of hydrogen-bond donors (Lipinski definition) is 1. The maximum absolute atomic E-state index is 13.3. The Hall–Kier alpha value is -2.86. The summed E-state index contributed by atoms with van der Waals surface area (Å²) in [7, 11) is 4.53. The average Bonchev–Trinajstić information content (AvgIpc) is 2.78. The van der Waals surface area contributed by atoms with Crippen molar-refractivity contribution in [3.63, 3.8) is 0 Å². The molecule has 10 heteroatoms. The number of ether oxygens (including phenoxy) is 4. The Bertz CT molecular complexity index is 1120. The summed E-state index contributed by atoms with van der Waals surface area (Å²) in [6.45, 7) is 2.35. The molecule has 2 aromatic rings. The van der Waals surface area contributed by atoms with Crippen molar-refractivity contribution in [1.82, 2.24) is 5.32 Å². The molecule has 1 aliphatic rings. The molecule has 0 atom stereocenters. The smallest absolute Gasteiger partial charge is 0.270 e. The van der Waals surface area contributed by atoms with Crippen molar-refractivity contribution in [2.24, 2.45) is 0 Å². The Kier molecular flexibility index (Phi) is 7.56. The molecule has 0 unspecified atom stereocenters. The summed E-state index contributed by atoms with van der Waals surface area (Å²) in [6.07, 6.45) is 1.49. The quantitative estimate of drug-likeness (QED) is 0.237. The Balaban J connectivity index is 2.06. The Labute approximate surface area is 204 Å². The Morgan fingerprint density at radius 1 is 1.06 bits per heavy atom. The maximum Gasteiger partial charge on any atom is 0.270 e. The number of amides is 2. The van der Waals surface area contributed by atoms with Crippen LogP contribution in [-0.4, -0.2) is 44.9 Å². The van der Waals surface area contributed by atoms with Crippen molar-refractivity contribution in [1.29, 1.82) is 0 Å². The van der Waals surface area contributed by atoms with Crippen LogP contribution in [0.3, 0.4) is 0 Å². The van der Waals surface area contributed by atoms with E-state index in [1.165, 1.54) is 32.3 Å². The molecule has 0 spiro atoms. The van der Waals surface area contributed by atoms with Crippen LogP contribution in [0.5, 0.6) is 23.0 Å². The molecule has 0 aliphatic carbocycles. The summed E-state index contributed by atoms with van der Waals surface area (Å²) in [5, 5.41) is 2.53. The number of rotatable bonds is 7. The van der Waals surface area contributed by atoms with E-state index in [0.717, 1.165) is 3.57 Å². The SMILES string of the molecule is CCOc1c(I)cc(/C=C2/C(=O)NC(=S)N(c3ccc(OC)cc3OC)C2=O)cc1OC. The summed E-state index contributed by atoms with van der Waals surface area (Å²) >= 11 is 7.39. The van der Waals surface area contributed by atoms with Gasteiger partial charge in [-0.1, -0.05) is 0 Å². The van der Waals surface area contributed by atoms with Crippen LogP contribution in [0.2, 0.25) is 0 Å². The van der Waals surface area contributed by atoms with Gasteiger partial charge in [-0.15, -0.1) is 0 Å². The topological polar surface area (TPSA) is 86.3 Å². The summed E-state index contributed by atoms with van der Waals surface area (Å²) in [5.74, 6) is 0.850. The monoisotopic (exact) mass is 568 g/mol. The van der Waals surface area contributed by atoms with E-state index in [2.05, 4.69) is 27.9 Å². The number of methoxy groups -OCH3 is 3. The lowest BCUT2D eigenvalue weighted by atomic mass is 10.1. The zero-order valence-electron chi connectivity index (χ0n) is 17.9. The summed E-state index contributed by atoms with van der Waals surface area (Å²) < 4.78 is 22.4. The van der Waals surface area contributed by atoms with Crippen molar-refractivity contribution >= 4 is 63.5 Å². The van der Waals surface area contributed by atoms with Crippen LogP contribution in [0.15, 0.2) is 35.9 Å². The van der Waals surface area contributed by atoms with E-state index < -0.39 is 11.8 Å². The molecule has 2 aromatic carbocycles. The third kappa shape index (κ3) is 4.65. The van der Waals surface area contributed by atoms with Gasteiger partial charge in [-0.25, -0.2) is 4.90 Å². The molecule has 1 N–H and O–H groups in total. The van der Waals surface area contributed by atoms with Gasteiger partial charge in [0.05, 0.1) is 37.2 Å². The van der Waals surface area contributed by atoms with Gasteiger partial charge in [0.2, 0.25) is 0 Å². The zero-order valence-corrected chi connectivity index (χ0v) is 20.8. The van der Waals surface area contributed by atoms with E-state index in [9.17, 15) is 9.59 Å². The van der Waals surface area contributed by atoms with E-state index in [4.69, 9.17) is 31.2 Å². The van der Waals surface area contributed by atoms with Crippen molar-refractivity contribution in [2.75, 3.05) is 32.8 Å². The lowest BCUT2D eigenvalue weighted by Gasteiger charge is -2.30. The molecule has 0 saturated carbocycles. The molecule has 0 radical (unpaired) electrons. The van der Waals surface area contributed by atoms with Crippen LogP contribution in [0.4, 0.5) is 5.69 Å². The van der Waals surface area contributed by atoms with Crippen molar-refractivity contribution in [3.05, 3.63) is 45.0 Å². The second-order valence-corrected chi connectivity index (χ2v) is 8.01. The molecule has 0 bridgehead atoms. The van der Waals surface area contributed by atoms with Gasteiger partial charge in [-0.05, 0) is 77.6 Å². The van der Waals surface area contributed by atoms with Crippen molar-refractivity contribution < 1.29 is 28.5 Å². The Morgan fingerprint density at radius 2 is 1.78 bits per heavy atom. The normalized spacial score (nSPS) is 15.0. The number of benzene rings is 2. The molecule has 8 nitrogen and oxygen atoms in total. The third-order valence-electron chi connectivity index (χ3n) is 4.58. The van der Waals surface area contributed by atoms with Gasteiger partial charge in [0, 0.05) is 6.07 Å². The number of nitrogens with one attached hydrogen (secondary N) is 1. The molecular formula is C22H21IN2O6S. The number of nitrogens with zero attached hydrogens (tertiary/aromatic N) is 1. The fourth-order valence-corrected chi connectivity index (χ4v) is 4.18. The minimum atomic E-state index is -0.591. The van der Waals surface area contributed by atoms with Crippen LogP contribution < -0.4 is 29.2 Å². The second kappa shape index (κ2) is 10.2. The molecule has 0 aromatic heterocycles. The molecule has 1 fully saturated rings. The largest absolute Gasteiger partial charge is 0.497 e. The summed E-state index contributed by atoms with van der Waals surface area (Å²) in [5.41, 5.74) is 0.897. The number of carbonyl (C=O) groups is 2. The van der Waals surface area contributed by atoms with Gasteiger partial charge in [0.15, 0.2) is 16.6 Å². The highest BCUT2D eigenvalue weighted by molar-refractivity contribution is 14.1. The predicted molar refractivity (Wildman–Crippen MR) is 133 cm³/mol. The van der Waals surface area contributed by atoms with Gasteiger partial charge in [0.25, 0.3) is 11.8 Å². The van der Waals surface area contributed by atoms with Gasteiger partial charge in [0.1, 0.15) is 17.1 Å². The minimum absolute atomic E-state index is 0.0422. The first-order valence-corrected chi connectivity index (χ1v) is 11.0. The first-order valence-electron chi connectivity index (χ1n) is 9.48. The van der Waals surface area contributed by atoms with Crippen LogP contribution >= 0.6 is 34.8 Å². The van der Waals surface area contributed by atoms with Crippen LogP contribution in [0.25, 0.3) is 6.08 Å². The number of halogens is 1. The lowest BCUT2D eigenvalue weighted by molar-refractivity contribution is -0.122. The first kappa shape index (κ1) is 23.8. The molecule has 1 saturated heterocycles. The van der Waals surface area contributed by atoms with E-state index in [1.807, 2.05) is 6.92 Å². The lowest BCUT2D eigenvalue weighted by Crippen LogP contribution is -2.54. The van der Waals surface area contributed by atoms with Gasteiger partial charge in [-0.3, -0.25) is 14.9 Å². The maximum atomic E-state index is 13.3. The van der Waals surface area contributed by atoms with Crippen LogP contribution in [0.1, 0.15) is 12.5 Å². The molecule has 3 rings (SSSR count). The highest BCUT2D eigenvalue weighted by Crippen LogP contribution is 2.36. The van der Waals surface area contributed by atoms with Gasteiger partial charge >= 0.3 is 0 Å². The van der Waals surface area contributed by atoms with Crippen molar-refractivity contribution in [2.45, 2.75) is 6.92 Å². The number of thiocarbonyl (C=S) groups is 1. The number of anilines is 1. The van der Waals surface area contributed by atoms with E-state index >= 15 is 0 Å². The van der Waals surface area contributed by atoms with Gasteiger partial charge in [-0.2, -0.15) is 0 Å². The molecule has 168 valence electrons. The fraction of sp³-hybridized carbons (Fsp3) is 0.227. The summed E-state index contributed by atoms with van der Waals surface area (Å²) in [4.78, 5) is 27.2. The molecule has 2 amide bonds. The number of carbonyl (C=O) groups excluding carboxylic acids is 2. The molecule has 1 aliphatic heterocycles. The molecule has 32 heavy (non-hydrogen) atoms. The van der Waals surface area contributed by atoms with Gasteiger partial charge < -0.3 is 18.9 Å². The van der Waals surface area contributed by atoms with E-state index in [0.29, 0.717) is 40.9 Å². The third-order valence-corrected chi connectivity index (χ3v) is 5.67. The van der Waals surface area contributed by atoms with Crippen LogP contribution in [-0.2, 0) is 9.59 Å². The zero-order chi connectivity index (χ0) is 23.4. The van der Waals surface area contributed by atoms with E-state index in [-0.39, 0.29) is 10.7 Å². The minimum Gasteiger partial charge on any atom is -0.497 e. The standard InChI is InChI=1S/C22H21IN2O6S/c1-5-31-19-15(23)9-12(10-18(19)30-4)8-14-20(26)24-22(32)25(21(14)27)16-7-6-13(28-2)11-17(16)29-3/h6-11H,5H2,1-4H3,(H,24,26,32)/b14-8-. The van der Waals surface area contributed by atoms with E-state index in [1.54, 1.807) is 30.3 Å². The van der Waals surface area contributed by atoms with Crippen molar-refractivity contribution in [3.8, 4) is 23.0 Å². The molecule has 1 heterocycles. The number of hydrogen-bond acceptors (Lipinski definition) is 7. The van der Waals surface area contributed by atoms with Crippen LogP contribution in [0, 0.1) is 3.57 Å². The second-order valence-electron chi connectivity index (χ2n) is 6.46. The fourth-order valence-electron chi connectivity index (χ4n) is 3.12. The first-order chi connectivity index (χ1) is 15.3. The highest BCUT2D eigenvalue weighted by Gasteiger charge is 2.36. The average molecular weight is 568 g/mol. The summed E-state index contributed by atoms with van der Waals surface area (Å²) in [6, 6.07) is 8.44. The molecular weight excluding hydrogens is 547 g/mol. The Morgan fingerprint density at radius 3 is 2.41 bits per heavy atom. The highest BCUT2D eigenvalue weighted by atomic mass is 127. The predicted octanol–water partition coefficient (Wildman–Crippen LogP) is 3.55.